The SMILES string of the molecule is Cc1c(C(=O)Nc2nc3ccc(CN4CCOCC4)cc3s2)cnn1-c1ccccc1. The van der Waals surface area contributed by atoms with Crippen molar-refractivity contribution in [2.24, 2.45) is 0 Å². The number of carbonyl (C=O) groups is 1. The summed E-state index contributed by atoms with van der Waals surface area (Å²) in [6.07, 6.45) is 1.60. The molecule has 0 bridgehead atoms. The summed E-state index contributed by atoms with van der Waals surface area (Å²) < 4.78 is 8.26. The van der Waals surface area contributed by atoms with Crippen LogP contribution in [0, 0.1) is 6.92 Å². The zero-order valence-corrected chi connectivity index (χ0v) is 18.1. The van der Waals surface area contributed by atoms with Crippen molar-refractivity contribution >= 4 is 32.6 Å². The fourth-order valence-corrected chi connectivity index (χ4v) is 4.69. The number of nitrogens with one attached hydrogen (secondary N) is 1. The van der Waals surface area contributed by atoms with E-state index in [2.05, 4.69) is 32.4 Å². The van der Waals surface area contributed by atoms with Crippen molar-refractivity contribution in [1.29, 1.82) is 0 Å². The molecule has 2 aromatic heterocycles. The summed E-state index contributed by atoms with van der Waals surface area (Å²) in [4.78, 5) is 19.8. The summed E-state index contributed by atoms with van der Waals surface area (Å²) in [5, 5.41) is 7.92. The van der Waals surface area contributed by atoms with Gasteiger partial charge in [-0.3, -0.25) is 15.0 Å². The molecule has 31 heavy (non-hydrogen) atoms. The lowest BCUT2D eigenvalue weighted by molar-refractivity contribution is 0.0342. The van der Waals surface area contributed by atoms with E-state index >= 15 is 0 Å². The van der Waals surface area contributed by atoms with E-state index in [1.807, 2.05) is 43.3 Å². The quantitative estimate of drug-likeness (QED) is 0.517. The van der Waals surface area contributed by atoms with Gasteiger partial charge in [-0.2, -0.15) is 5.10 Å². The monoisotopic (exact) mass is 433 g/mol. The van der Waals surface area contributed by atoms with Crippen molar-refractivity contribution in [1.82, 2.24) is 19.7 Å². The van der Waals surface area contributed by atoms with Crippen LogP contribution in [0.15, 0.2) is 54.7 Å². The number of hydrogen-bond donors (Lipinski definition) is 1. The molecule has 1 N–H and O–H groups in total. The van der Waals surface area contributed by atoms with E-state index in [0.29, 0.717) is 10.7 Å². The van der Waals surface area contributed by atoms with Gasteiger partial charge in [-0.1, -0.05) is 35.6 Å². The Bertz CT molecular complexity index is 1210. The second-order valence-corrected chi connectivity index (χ2v) is 8.59. The molecule has 7 nitrogen and oxygen atoms in total. The number of aromatic nitrogens is 3. The van der Waals surface area contributed by atoms with Crippen molar-refractivity contribution in [2.75, 3.05) is 31.6 Å². The van der Waals surface area contributed by atoms with Crippen LogP contribution in [0.1, 0.15) is 21.6 Å². The average Bonchev–Trinajstić information content (AvgIpc) is 3.37. The van der Waals surface area contributed by atoms with Gasteiger partial charge in [0, 0.05) is 19.6 Å². The number of para-hydroxylation sites is 1. The molecule has 158 valence electrons. The number of rotatable bonds is 5. The van der Waals surface area contributed by atoms with Crippen LogP contribution >= 0.6 is 11.3 Å². The van der Waals surface area contributed by atoms with Gasteiger partial charge in [-0.15, -0.1) is 0 Å². The molecule has 0 aliphatic carbocycles. The number of ether oxygens (including phenoxy) is 1. The smallest absolute Gasteiger partial charge is 0.260 e. The summed E-state index contributed by atoms with van der Waals surface area (Å²) in [6.45, 7) is 6.29. The summed E-state index contributed by atoms with van der Waals surface area (Å²) in [5.74, 6) is -0.202. The van der Waals surface area contributed by atoms with Crippen molar-refractivity contribution in [3.05, 3.63) is 71.5 Å². The Balaban J connectivity index is 1.32. The summed E-state index contributed by atoms with van der Waals surface area (Å²) in [5.41, 5.74) is 4.39. The minimum absolute atomic E-state index is 0.202. The zero-order valence-electron chi connectivity index (χ0n) is 17.2. The van der Waals surface area contributed by atoms with Gasteiger partial charge in [0.2, 0.25) is 0 Å². The lowest BCUT2D eigenvalue weighted by Gasteiger charge is -2.26. The first-order chi connectivity index (χ1) is 15.2. The molecule has 1 fully saturated rings. The fraction of sp³-hybridized carbons (Fsp3) is 0.261. The number of anilines is 1. The van der Waals surface area contributed by atoms with E-state index in [1.165, 1.54) is 16.9 Å². The molecule has 8 heteroatoms. The van der Waals surface area contributed by atoms with E-state index < -0.39 is 0 Å². The van der Waals surface area contributed by atoms with Gasteiger partial charge in [-0.05, 0) is 36.8 Å². The van der Waals surface area contributed by atoms with Crippen LogP contribution in [0.2, 0.25) is 0 Å². The number of carbonyl (C=O) groups excluding carboxylic acids is 1. The van der Waals surface area contributed by atoms with Crippen molar-refractivity contribution in [3.8, 4) is 5.69 Å². The first-order valence-corrected chi connectivity index (χ1v) is 11.1. The second-order valence-electron chi connectivity index (χ2n) is 7.55. The molecular weight excluding hydrogens is 410 g/mol. The molecule has 5 rings (SSSR count). The highest BCUT2D eigenvalue weighted by Gasteiger charge is 2.17. The van der Waals surface area contributed by atoms with Crippen molar-refractivity contribution in [2.45, 2.75) is 13.5 Å². The Morgan fingerprint density at radius 3 is 2.77 bits per heavy atom. The Labute approximate surface area is 184 Å². The topological polar surface area (TPSA) is 72.3 Å². The predicted molar refractivity (Wildman–Crippen MR) is 122 cm³/mol. The number of thiazole rings is 1. The summed E-state index contributed by atoms with van der Waals surface area (Å²) >= 11 is 1.49. The molecule has 1 aliphatic rings. The van der Waals surface area contributed by atoms with Gasteiger partial charge in [-0.25, -0.2) is 9.67 Å². The standard InChI is InChI=1S/C23H23N5O2S/c1-16-19(14-24-28(16)18-5-3-2-4-6-18)22(29)26-23-25-20-8-7-17(13-21(20)31-23)15-27-9-11-30-12-10-27/h2-8,13-14H,9-12,15H2,1H3,(H,25,26,29). The number of morpholine rings is 1. The van der Waals surface area contributed by atoms with Gasteiger partial charge >= 0.3 is 0 Å². The van der Waals surface area contributed by atoms with Crippen LogP contribution < -0.4 is 5.32 Å². The minimum Gasteiger partial charge on any atom is -0.379 e. The van der Waals surface area contributed by atoms with E-state index in [1.54, 1.807) is 10.9 Å². The fourth-order valence-electron chi connectivity index (χ4n) is 3.76. The molecule has 0 radical (unpaired) electrons. The first kappa shape index (κ1) is 19.9. The second kappa shape index (κ2) is 8.58. The van der Waals surface area contributed by atoms with E-state index in [9.17, 15) is 4.79 Å². The lowest BCUT2D eigenvalue weighted by atomic mass is 10.2. The van der Waals surface area contributed by atoms with Gasteiger partial charge in [0.1, 0.15) is 0 Å². The molecule has 0 spiro atoms. The van der Waals surface area contributed by atoms with Gasteiger partial charge < -0.3 is 4.74 Å². The Hall–Kier alpha value is -3.07. The molecule has 1 saturated heterocycles. The number of benzene rings is 2. The number of nitrogens with zero attached hydrogens (tertiary/aromatic N) is 4. The number of hydrogen-bond acceptors (Lipinski definition) is 6. The molecule has 4 aromatic rings. The Morgan fingerprint density at radius 2 is 1.97 bits per heavy atom. The first-order valence-electron chi connectivity index (χ1n) is 10.3. The lowest BCUT2D eigenvalue weighted by Crippen LogP contribution is -2.35. The molecule has 2 aromatic carbocycles. The van der Waals surface area contributed by atoms with Crippen LogP contribution in [0.25, 0.3) is 15.9 Å². The maximum Gasteiger partial charge on any atom is 0.260 e. The van der Waals surface area contributed by atoms with E-state index in [0.717, 1.165) is 54.4 Å². The van der Waals surface area contributed by atoms with Gasteiger partial charge in [0.05, 0.1) is 46.6 Å². The number of fused-ring (bicyclic) bond motifs is 1. The summed E-state index contributed by atoms with van der Waals surface area (Å²) in [6, 6.07) is 16.1. The molecular formula is C23H23N5O2S. The van der Waals surface area contributed by atoms with Crippen LogP contribution in [-0.2, 0) is 11.3 Å². The number of amides is 1. The minimum atomic E-state index is -0.202. The average molecular weight is 434 g/mol. The van der Waals surface area contributed by atoms with Crippen molar-refractivity contribution in [3.63, 3.8) is 0 Å². The molecule has 3 heterocycles. The van der Waals surface area contributed by atoms with Crippen molar-refractivity contribution < 1.29 is 9.53 Å². The maximum atomic E-state index is 12.9. The maximum absolute atomic E-state index is 12.9. The van der Waals surface area contributed by atoms with Gasteiger partial charge in [0.25, 0.3) is 5.91 Å². The third kappa shape index (κ3) is 4.23. The molecule has 0 atom stereocenters. The molecule has 1 amide bonds. The third-order valence-electron chi connectivity index (χ3n) is 5.44. The van der Waals surface area contributed by atoms with Crippen LogP contribution in [0.5, 0.6) is 0 Å². The van der Waals surface area contributed by atoms with E-state index in [-0.39, 0.29) is 5.91 Å². The highest BCUT2D eigenvalue weighted by molar-refractivity contribution is 7.22. The Morgan fingerprint density at radius 1 is 1.16 bits per heavy atom. The molecule has 1 aliphatic heterocycles. The van der Waals surface area contributed by atoms with Crippen LogP contribution in [-0.4, -0.2) is 51.9 Å². The highest BCUT2D eigenvalue weighted by Crippen LogP contribution is 2.28. The largest absolute Gasteiger partial charge is 0.379 e. The van der Waals surface area contributed by atoms with Crippen LogP contribution in [0.3, 0.4) is 0 Å². The van der Waals surface area contributed by atoms with E-state index in [4.69, 9.17) is 4.74 Å². The molecule has 0 saturated carbocycles. The Kier molecular flexibility index (Phi) is 5.50. The normalized spacial score (nSPS) is 14.7. The van der Waals surface area contributed by atoms with Gasteiger partial charge in [0.15, 0.2) is 5.13 Å². The zero-order chi connectivity index (χ0) is 21.2. The predicted octanol–water partition coefficient (Wildman–Crippen LogP) is 3.87. The third-order valence-corrected chi connectivity index (χ3v) is 6.37. The van der Waals surface area contributed by atoms with Crippen LogP contribution in [0.4, 0.5) is 5.13 Å². The molecule has 0 unspecified atom stereocenters. The highest BCUT2D eigenvalue weighted by atomic mass is 32.1. The summed E-state index contributed by atoms with van der Waals surface area (Å²) in [7, 11) is 0.